The smallest absolute Gasteiger partial charge is 0.290 e. The summed E-state index contributed by atoms with van der Waals surface area (Å²) in [5.74, 6) is 1.44. The van der Waals surface area contributed by atoms with Gasteiger partial charge in [0.1, 0.15) is 29.4 Å². The summed E-state index contributed by atoms with van der Waals surface area (Å²) in [6.07, 6.45) is 0.466. The number of nitrogens with zero attached hydrogens (tertiary/aromatic N) is 1. The Balaban J connectivity index is 2.15. The Kier molecular flexibility index (Phi) is 5.75. The van der Waals surface area contributed by atoms with Crippen molar-refractivity contribution in [1.29, 1.82) is 5.26 Å². The van der Waals surface area contributed by atoms with Crippen LogP contribution in [0.15, 0.2) is 24.3 Å². The van der Waals surface area contributed by atoms with Crippen molar-refractivity contribution >= 4 is 22.6 Å². The first-order valence-corrected chi connectivity index (χ1v) is 7.71. The minimum Gasteiger partial charge on any atom is -0.494 e. The SMILES string of the molecule is CCOc1ccc2[nH+]c(NCCNC(=O)CC)c(C#N)cc2c1. The first-order chi connectivity index (χ1) is 11.2. The van der Waals surface area contributed by atoms with Gasteiger partial charge in [0.25, 0.3) is 5.82 Å². The number of ether oxygens (including phenoxy) is 1. The van der Waals surface area contributed by atoms with Crippen molar-refractivity contribution < 1.29 is 14.5 Å². The Hall–Kier alpha value is -2.81. The fraction of sp³-hybridized carbons (Fsp3) is 0.353. The monoisotopic (exact) mass is 313 g/mol. The summed E-state index contributed by atoms with van der Waals surface area (Å²) in [7, 11) is 0. The van der Waals surface area contributed by atoms with Crippen LogP contribution in [0.4, 0.5) is 5.82 Å². The number of anilines is 1. The number of benzene rings is 1. The highest BCUT2D eigenvalue weighted by Gasteiger charge is 2.12. The third-order valence-electron chi connectivity index (χ3n) is 3.35. The van der Waals surface area contributed by atoms with Crippen molar-refractivity contribution in [3.8, 4) is 11.8 Å². The van der Waals surface area contributed by atoms with Crippen LogP contribution in [0.2, 0.25) is 0 Å². The molecule has 1 heterocycles. The summed E-state index contributed by atoms with van der Waals surface area (Å²) in [5.41, 5.74) is 1.43. The highest BCUT2D eigenvalue weighted by molar-refractivity contribution is 5.80. The van der Waals surface area contributed by atoms with Gasteiger partial charge in [-0.25, -0.2) is 4.98 Å². The van der Waals surface area contributed by atoms with Gasteiger partial charge in [-0.1, -0.05) is 6.92 Å². The molecule has 0 saturated heterocycles. The van der Waals surface area contributed by atoms with Gasteiger partial charge in [-0.15, -0.1) is 0 Å². The van der Waals surface area contributed by atoms with Gasteiger partial charge in [-0.05, 0) is 31.2 Å². The van der Waals surface area contributed by atoms with Crippen molar-refractivity contribution in [2.45, 2.75) is 20.3 Å². The maximum Gasteiger partial charge on any atom is 0.290 e. The van der Waals surface area contributed by atoms with Crippen molar-refractivity contribution in [3.63, 3.8) is 0 Å². The second kappa shape index (κ2) is 7.99. The standard InChI is InChI=1S/C17H20N4O2/c1-3-16(22)19-7-8-20-17-13(11-18)9-12-10-14(23-4-2)5-6-15(12)21-17/h5-6,9-10H,3-4,7-8H2,1-2H3,(H,19,22)(H,20,21)/p+1. The minimum absolute atomic E-state index is 0.0123. The average molecular weight is 313 g/mol. The van der Waals surface area contributed by atoms with Crippen molar-refractivity contribution in [2.75, 3.05) is 25.0 Å². The van der Waals surface area contributed by atoms with Crippen molar-refractivity contribution in [3.05, 3.63) is 29.8 Å². The molecule has 0 radical (unpaired) electrons. The number of carbonyl (C=O) groups excluding carboxylic acids is 1. The van der Waals surface area contributed by atoms with E-state index in [9.17, 15) is 10.1 Å². The van der Waals surface area contributed by atoms with Crippen LogP contribution in [0.3, 0.4) is 0 Å². The summed E-state index contributed by atoms with van der Waals surface area (Å²) in [6.45, 7) is 5.39. The fourth-order valence-electron chi connectivity index (χ4n) is 2.20. The molecule has 2 rings (SSSR count). The number of amides is 1. The Bertz CT molecular complexity index is 737. The number of carbonyl (C=O) groups is 1. The maximum atomic E-state index is 11.2. The lowest BCUT2D eigenvalue weighted by Crippen LogP contribution is -2.29. The Labute approximate surface area is 135 Å². The molecule has 120 valence electrons. The zero-order chi connectivity index (χ0) is 16.7. The molecule has 6 heteroatoms. The van der Waals surface area contributed by atoms with Crippen molar-refractivity contribution in [1.82, 2.24) is 5.32 Å². The molecule has 6 nitrogen and oxygen atoms in total. The molecule has 2 aromatic rings. The molecular weight excluding hydrogens is 292 g/mol. The molecule has 1 amide bonds. The van der Waals surface area contributed by atoms with E-state index in [1.54, 1.807) is 0 Å². The molecule has 1 aromatic heterocycles. The molecular formula is C17H21N4O2+. The van der Waals surface area contributed by atoms with E-state index in [4.69, 9.17) is 4.74 Å². The van der Waals surface area contributed by atoms with Gasteiger partial charge in [0.15, 0.2) is 0 Å². The second-order valence-electron chi connectivity index (χ2n) is 4.98. The molecule has 0 aliphatic rings. The lowest BCUT2D eigenvalue weighted by Gasteiger charge is -2.06. The summed E-state index contributed by atoms with van der Waals surface area (Å²) in [4.78, 5) is 14.4. The minimum atomic E-state index is 0.0123. The number of aromatic amines is 1. The number of H-pyrrole nitrogens is 1. The molecule has 0 saturated carbocycles. The van der Waals surface area contributed by atoms with Crippen LogP contribution >= 0.6 is 0 Å². The molecule has 0 aliphatic carbocycles. The molecule has 23 heavy (non-hydrogen) atoms. The van der Waals surface area contributed by atoms with E-state index in [0.29, 0.717) is 37.5 Å². The number of nitrogens with one attached hydrogen (secondary N) is 3. The van der Waals surface area contributed by atoms with Gasteiger partial charge in [-0.2, -0.15) is 5.26 Å². The van der Waals surface area contributed by atoms with Gasteiger partial charge < -0.3 is 10.1 Å². The van der Waals surface area contributed by atoms with Crippen LogP contribution in [0, 0.1) is 11.3 Å². The van der Waals surface area contributed by atoms with Gasteiger partial charge in [-0.3, -0.25) is 10.1 Å². The van der Waals surface area contributed by atoms with Crippen LogP contribution in [0.25, 0.3) is 10.9 Å². The van der Waals surface area contributed by atoms with E-state index < -0.39 is 0 Å². The zero-order valence-electron chi connectivity index (χ0n) is 13.4. The van der Waals surface area contributed by atoms with E-state index in [0.717, 1.165) is 16.7 Å². The number of hydrogen-bond acceptors (Lipinski definition) is 4. The number of hydrogen-bond donors (Lipinski definition) is 2. The van der Waals surface area contributed by atoms with E-state index in [1.165, 1.54) is 0 Å². The molecule has 1 aromatic carbocycles. The van der Waals surface area contributed by atoms with Crippen LogP contribution in [0.1, 0.15) is 25.8 Å². The van der Waals surface area contributed by atoms with Crippen LogP contribution in [0.5, 0.6) is 5.75 Å². The van der Waals surface area contributed by atoms with Gasteiger partial charge in [0.05, 0.1) is 13.2 Å². The highest BCUT2D eigenvalue weighted by atomic mass is 16.5. The van der Waals surface area contributed by atoms with Gasteiger partial charge >= 0.3 is 0 Å². The van der Waals surface area contributed by atoms with Gasteiger partial charge in [0.2, 0.25) is 5.91 Å². The zero-order valence-corrected chi connectivity index (χ0v) is 13.4. The lowest BCUT2D eigenvalue weighted by atomic mass is 10.1. The predicted molar refractivity (Wildman–Crippen MR) is 88.2 cm³/mol. The molecule has 3 N–H and O–H groups in total. The van der Waals surface area contributed by atoms with E-state index in [2.05, 4.69) is 21.7 Å². The average Bonchev–Trinajstić information content (AvgIpc) is 2.58. The van der Waals surface area contributed by atoms with Gasteiger partial charge in [0, 0.05) is 11.8 Å². The first-order valence-electron chi connectivity index (χ1n) is 7.71. The van der Waals surface area contributed by atoms with E-state index in [-0.39, 0.29) is 5.91 Å². The molecule has 0 aliphatic heterocycles. The predicted octanol–water partition coefficient (Wildman–Crippen LogP) is 1.86. The summed E-state index contributed by atoms with van der Waals surface area (Å²) >= 11 is 0. The number of fused-ring (bicyclic) bond motifs is 1. The number of rotatable bonds is 7. The summed E-state index contributed by atoms with van der Waals surface area (Å²) < 4.78 is 5.48. The molecule has 0 spiro atoms. The first kappa shape index (κ1) is 16.6. The quantitative estimate of drug-likeness (QED) is 0.764. The van der Waals surface area contributed by atoms with Crippen LogP contribution < -0.4 is 20.4 Å². The molecule has 0 fully saturated rings. The summed E-state index contributed by atoms with van der Waals surface area (Å²) in [5, 5.41) is 16.2. The Morgan fingerprint density at radius 3 is 2.83 bits per heavy atom. The normalized spacial score (nSPS) is 10.1. The Morgan fingerprint density at radius 1 is 1.30 bits per heavy atom. The lowest BCUT2D eigenvalue weighted by molar-refractivity contribution is -0.327. The van der Waals surface area contributed by atoms with E-state index in [1.807, 2.05) is 38.1 Å². The second-order valence-corrected chi connectivity index (χ2v) is 4.98. The summed E-state index contributed by atoms with van der Waals surface area (Å²) in [6, 6.07) is 9.71. The van der Waals surface area contributed by atoms with E-state index >= 15 is 0 Å². The number of nitriles is 1. The third kappa shape index (κ3) is 4.33. The number of aromatic nitrogens is 1. The van der Waals surface area contributed by atoms with Crippen LogP contribution in [-0.4, -0.2) is 25.6 Å². The Morgan fingerprint density at radius 2 is 2.13 bits per heavy atom. The maximum absolute atomic E-state index is 11.2. The molecule has 0 bridgehead atoms. The largest absolute Gasteiger partial charge is 0.494 e. The highest BCUT2D eigenvalue weighted by Crippen LogP contribution is 2.21. The molecule has 0 unspecified atom stereocenters. The van der Waals surface area contributed by atoms with Crippen LogP contribution in [-0.2, 0) is 4.79 Å². The topological polar surface area (TPSA) is 88.3 Å². The molecule has 0 atom stereocenters. The number of pyridine rings is 1. The fourth-order valence-corrected chi connectivity index (χ4v) is 2.20. The van der Waals surface area contributed by atoms with Crippen molar-refractivity contribution in [2.24, 2.45) is 0 Å². The third-order valence-corrected chi connectivity index (χ3v) is 3.35.